The van der Waals surface area contributed by atoms with Gasteiger partial charge in [0.15, 0.2) is 0 Å². The van der Waals surface area contributed by atoms with Gasteiger partial charge in [-0.25, -0.2) is 0 Å². The summed E-state index contributed by atoms with van der Waals surface area (Å²) in [5, 5.41) is -5.72. The molecule has 1 aliphatic heterocycles. The van der Waals surface area contributed by atoms with Crippen LogP contribution >= 0.6 is 0 Å². The molecule has 2 rings (SSSR count). The van der Waals surface area contributed by atoms with Crippen LogP contribution in [0.1, 0.15) is 19.3 Å². The van der Waals surface area contributed by atoms with Crippen molar-refractivity contribution in [3.63, 3.8) is 0 Å². The van der Waals surface area contributed by atoms with Gasteiger partial charge in [-0.1, -0.05) is 0 Å². The maximum Gasteiger partial charge on any atom is 0.432 e. The summed E-state index contributed by atoms with van der Waals surface area (Å²) in [6, 6.07) is 0. The zero-order valence-corrected chi connectivity index (χ0v) is 13.4. The number of ether oxygens (including phenoxy) is 3. The molecule has 4 atom stereocenters. The minimum atomic E-state index is -6.44. The fraction of sp³-hybridized carbons (Fsp3) is 0.917. The lowest BCUT2D eigenvalue weighted by Gasteiger charge is -2.27. The Kier molecular flexibility index (Phi) is 5.62. The Hall–Kier alpha value is -1.05. The molecule has 0 bridgehead atoms. The molecular formula is C12H15F5O7S. The molecule has 2 fully saturated rings. The SMILES string of the molecule is O=C(OC(C(F)(F)F)C(F)(F)S(=O)(=O)O)C1CCC(OCC2CO2)C1. The lowest BCUT2D eigenvalue weighted by Crippen LogP contribution is -2.52. The molecule has 0 radical (unpaired) electrons. The summed E-state index contributed by atoms with van der Waals surface area (Å²) in [7, 11) is -6.44. The number of hydrogen-bond donors (Lipinski definition) is 1. The average molecular weight is 398 g/mol. The van der Waals surface area contributed by atoms with Crippen LogP contribution in [-0.4, -0.2) is 61.9 Å². The van der Waals surface area contributed by atoms with Crippen LogP contribution in [0, 0.1) is 5.92 Å². The van der Waals surface area contributed by atoms with Gasteiger partial charge in [0.2, 0.25) is 0 Å². The molecule has 1 saturated heterocycles. The predicted molar refractivity (Wildman–Crippen MR) is 69.3 cm³/mol. The van der Waals surface area contributed by atoms with E-state index in [-0.39, 0.29) is 25.6 Å². The van der Waals surface area contributed by atoms with Crippen molar-refractivity contribution in [1.29, 1.82) is 0 Å². The van der Waals surface area contributed by atoms with E-state index in [1.54, 1.807) is 0 Å². The monoisotopic (exact) mass is 398 g/mol. The van der Waals surface area contributed by atoms with Gasteiger partial charge in [0, 0.05) is 0 Å². The maximum absolute atomic E-state index is 13.4. The Morgan fingerprint density at radius 2 is 1.84 bits per heavy atom. The molecule has 2 aliphatic rings. The fourth-order valence-electron chi connectivity index (χ4n) is 2.39. The Bertz CT molecular complexity index is 601. The molecule has 0 aromatic carbocycles. The largest absolute Gasteiger partial charge is 0.444 e. The molecule has 25 heavy (non-hydrogen) atoms. The van der Waals surface area contributed by atoms with Crippen molar-refractivity contribution in [3.05, 3.63) is 0 Å². The van der Waals surface area contributed by atoms with Gasteiger partial charge in [0.25, 0.3) is 6.10 Å². The van der Waals surface area contributed by atoms with Gasteiger partial charge in [-0.15, -0.1) is 0 Å². The molecule has 0 aromatic rings. The van der Waals surface area contributed by atoms with Gasteiger partial charge >= 0.3 is 27.5 Å². The van der Waals surface area contributed by atoms with E-state index >= 15 is 0 Å². The van der Waals surface area contributed by atoms with Crippen molar-refractivity contribution in [1.82, 2.24) is 0 Å². The smallest absolute Gasteiger partial charge is 0.432 e. The highest BCUT2D eigenvalue weighted by Crippen LogP contribution is 2.39. The number of carbonyl (C=O) groups excluding carboxylic acids is 1. The van der Waals surface area contributed by atoms with Crippen molar-refractivity contribution >= 4 is 16.1 Å². The number of epoxide rings is 1. The highest BCUT2D eigenvalue weighted by atomic mass is 32.2. The molecule has 7 nitrogen and oxygen atoms in total. The average Bonchev–Trinajstić information content (AvgIpc) is 3.16. The van der Waals surface area contributed by atoms with Gasteiger partial charge in [0.1, 0.15) is 6.10 Å². The van der Waals surface area contributed by atoms with Crippen molar-refractivity contribution < 1.29 is 53.9 Å². The third-order valence-corrected chi connectivity index (χ3v) is 4.72. The van der Waals surface area contributed by atoms with Crippen molar-refractivity contribution in [3.8, 4) is 0 Å². The maximum atomic E-state index is 13.4. The number of alkyl halides is 5. The minimum Gasteiger partial charge on any atom is -0.444 e. The summed E-state index contributed by atoms with van der Waals surface area (Å²) in [6.45, 7) is 0.772. The topological polar surface area (TPSA) is 102 Å². The zero-order chi connectivity index (χ0) is 19.0. The Balaban J connectivity index is 2.00. The molecular weight excluding hydrogens is 383 g/mol. The second-order valence-corrected chi connectivity index (χ2v) is 7.31. The molecule has 1 heterocycles. The highest BCUT2D eigenvalue weighted by molar-refractivity contribution is 7.86. The molecule has 0 aromatic heterocycles. The third kappa shape index (κ3) is 4.99. The summed E-state index contributed by atoms with van der Waals surface area (Å²) < 4.78 is 108. The molecule has 1 N–H and O–H groups in total. The van der Waals surface area contributed by atoms with Gasteiger partial charge in [-0.2, -0.15) is 30.4 Å². The molecule has 0 amide bonds. The van der Waals surface area contributed by atoms with Crippen molar-refractivity contribution in [2.24, 2.45) is 5.92 Å². The first-order valence-corrected chi connectivity index (χ1v) is 8.61. The molecule has 1 saturated carbocycles. The summed E-state index contributed by atoms with van der Waals surface area (Å²) in [5.41, 5.74) is 0. The second-order valence-electron chi connectivity index (χ2n) is 5.82. The van der Waals surface area contributed by atoms with Crippen molar-refractivity contribution in [2.45, 2.75) is 49.0 Å². The number of hydrogen-bond acceptors (Lipinski definition) is 6. The lowest BCUT2D eigenvalue weighted by molar-refractivity contribution is -0.260. The van der Waals surface area contributed by atoms with E-state index in [9.17, 15) is 35.2 Å². The minimum absolute atomic E-state index is 0.0387. The van der Waals surface area contributed by atoms with Gasteiger partial charge < -0.3 is 14.2 Å². The number of halogens is 5. The van der Waals surface area contributed by atoms with Crippen LogP contribution in [-0.2, 0) is 29.1 Å². The van der Waals surface area contributed by atoms with E-state index in [4.69, 9.17) is 14.0 Å². The third-order valence-electron chi connectivity index (χ3n) is 3.82. The second kappa shape index (κ2) is 6.93. The van der Waals surface area contributed by atoms with Crippen LogP contribution < -0.4 is 0 Å². The van der Waals surface area contributed by atoms with Crippen LogP contribution in [0.5, 0.6) is 0 Å². The summed E-state index contributed by atoms with van der Waals surface area (Å²) in [4.78, 5) is 11.8. The first-order valence-electron chi connectivity index (χ1n) is 7.17. The van der Waals surface area contributed by atoms with Crippen LogP contribution in [0.2, 0.25) is 0 Å². The van der Waals surface area contributed by atoms with Crippen LogP contribution in [0.3, 0.4) is 0 Å². The summed E-state index contributed by atoms with van der Waals surface area (Å²) in [6.07, 6.45) is -10.4. The number of carbonyl (C=O) groups is 1. The predicted octanol–water partition coefficient (Wildman–Crippen LogP) is 1.53. The molecule has 13 heteroatoms. The number of esters is 1. The lowest BCUT2D eigenvalue weighted by atomic mass is 10.1. The van der Waals surface area contributed by atoms with Crippen LogP contribution in [0.25, 0.3) is 0 Å². The number of rotatable bonds is 7. The highest BCUT2D eigenvalue weighted by Gasteiger charge is 2.66. The van der Waals surface area contributed by atoms with Crippen LogP contribution in [0.15, 0.2) is 0 Å². The molecule has 1 aliphatic carbocycles. The van der Waals surface area contributed by atoms with Crippen molar-refractivity contribution in [2.75, 3.05) is 13.2 Å². The zero-order valence-electron chi connectivity index (χ0n) is 12.5. The first kappa shape index (κ1) is 20.3. The Morgan fingerprint density at radius 1 is 1.24 bits per heavy atom. The van der Waals surface area contributed by atoms with E-state index in [1.165, 1.54) is 0 Å². The standard InChI is InChI=1S/C12H15F5O7S/c13-11(14,15)10(12(16,17)25(19,20)21)24-9(18)6-1-2-7(3-6)22-4-8-5-23-8/h6-8,10H,1-5H2,(H,19,20,21). The van der Waals surface area contributed by atoms with Gasteiger partial charge in [-0.3, -0.25) is 9.35 Å². The normalized spacial score (nSPS) is 28.6. The van der Waals surface area contributed by atoms with E-state index in [1.807, 2.05) is 0 Å². The van der Waals surface area contributed by atoms with E-state index in [2.05, 4.69) is 4.74 Å². The van der Waals surface area contributed by atoms with Crippen LogP contribution in [0.4, 0.5) is 22.0 Å². The quantitative estimate of drug-likeness (QED) is 0.300. The fourth-order valence-corrected chi connectivity index (χ4v) is 2.84. The Morgan fingerprint density at radius 3 is 2.32 bits per heavy atom. The summed E-state index contributed by atoms with van der Waals surface area (Å²) >= 11 is 0. The van der Waals surface area contributed by atoms with Gasteiger partial charge in [0.05, 0.1) is 25.2 Å². The molecule has 146 valence electrons. The first-order chi connectivity index (χ1) is 11.3. The molecule has 4 unspecified atom stereocenters. The van der Waals surface area contributed by atoms with E-state index < -0.39 is 45.6 Å². The van der Waals surface area contributed by atoms with Gasteiger partial charge in [-0.05, 0) is 19.3 Å². The summed E-state index contributed by atoms with van der Waals surface area (Å²) in [5.74, 6) is -2.77. The Labute approximate surface area is 139 Å². The molecule has 0 spiro atoms. The van der Waals surface area contributed by atoms with E-state index in [0.717, 1.165) is 0 Å². The van der Waals surface area contributed by atoms with E-state index in [0.29, 0.717) is 13.0 Å².